The fraction of sp³-hybridized carbons (Fsp3) is 0.278. The van der Waals surface area contributed by atoms with Crippen LogP contribution in [0.4, 0.5) is 5.82 Å². The maximum Gasteiger partial charge on any atom is 0.203 e. The SMILES string of the molecule is c1ccc(-c2n[nH]c(C3CCCN(c4nccn5cnnc45)C3)n2)cc1. The van der Waals surface area contributed by atoms with Crippen molar-refractivity contribution in [1.82, 2.24) is 34.8 Å². The third-order valence-electron chi connectivity index (χ3n) is 4.84. The van der Waals surface area contributed by atoms with Crippen LogP contribution in [0.25, 0.3) is 17.0 Å². The fourth-order valence-electron chi connectivity index (χ4n) is 3.53. The van der Waals surface area contributed by atoms with Crippen LogP contribution in [-0.4, -0.2) is 47.9 Å². The van der Waals surface area contributed by atoms with Crippen molar-refractivity contribution in [1.29, 1.82) is 0 Å². The first-order valence-electron chi connectivity index (χ1n) is 8.75. The van der Waals surface area contributed by atoms with Gasteiger partial charge in [-0.15, -0.1) is 10.2 Å². The highest BCUT2D eigenvalue weighted by Crippen LogP contribution is 2.29. The maximum atomic E-state index is 4.74. The van der Waals surface area contributed by atoms with Gasteiger partial charge in [0.05, 0.1) is 0 Å². The second kappa shape index (κ2) is 6.21. The second-order valence-electron chi connectivity index (χ2n) is 6.51. The van der Waals surface area contributed by atoms with Crippen molar-refractivity contribution in [2.45, 2.75) is 18.8 Å². The second-order valence-corrected chi connectivity index (χ2v) is 6.51. The van der Waals surface area contributed by atoms with Gasteiger partial charge < -0.3 is 4.90 Å². The number of rotatable bonds is 3. The molecular formula is C18H18N8. The van der Waals surface area contributed by atoms with Gasteiger partial charge in [0, 0.05) is 37.0 Å². The molecular weight excluding hydrogens is 328 g/mol. The Labute approximate surface area is 149 Å². The molecule has 8 nitrogen and oxygen atoms in total. The normalized spacial score (nSPS) is 17.7. The van der Waals surface area contributed by atoms with E-state index in [4.69, 9.17) is 4.98 Å². The van der Waals surface area contributed by atoms with Crippen LogP contribution in [0.3, 0.4) is 0 Å². The monoisotopic (exact) mass is 346 g/mol. The average Bonchev–Trinajstić information content (AvgIpc) is 3.38. The highest BCUT2D eigenvalue weighted by Gasteiger charge is 2.26. The van der Waals surface area contributed by atoms with Gasteiger partial charge in [0.25, 0.3) is 0 Å². The zero-order valence-electron chi connectivity index (χ0n) is 14.2. The number of hydrogen-bond acceptors (Lipinski definition) is 6. The number of piperidine rings is 1. The molecule has 1 unspecified atom stereocenters. The molecule has 130 valence electrons. The summed E-state index contributed by atoms with van der Waals surface area (Å²) in [6.07, 6.45) is 7.50. The molecule has 0 amide bonds. The van der Waals surface area contributed by atoms with E-state index in [2.05, 4.69) is 30.3 Å². The highest BCUT2D eigenvalue weighted by atomic mass is 15.3. The Morgan fingerprint density at radius 1 is 1.15 bits per heavy atom. The lowest BCUT2D eigenvalue weighted by molar-refractivity contribution is 0.490. The highest BCUT2D eigenvalue weighted by molar-refractivity contribution is 5.63. The lowest BCUT2D eigenvalue weighted by atomic mass is 9.97. The van der Waals surface area contributed by atoms with Gasteiger partial charge in [0.1, 0.15) is 12.2 Å². The maximum absolute atomic E-state index is 4.74. The molecule has 1 aliphatic heterocycles. The van der Waals surface area contributed by atoms with Crippen molar-refractivity contribution < 1.29 is 0 Å². The Morgan fingerprint density at radius 3 is 3.00 bits per heavy atom. The molecule has 0 radical (unpaired) electrons. The molecule has 4 heterocycles. The number of aromatic amines is 1. The van der Waals surface area contributed by atoms with Crippen molar-refractivity contribution in [2.24, 2.45) is 0 Å². The summed E-state index contributed by atoms with van der Waals surface area (Å²) in [7, 11) is 0. The van der Waals surface area contributed by atoms with E-state index in [9.17, 15) is 0 Å². The van der Waals surface area contributed by atoms with E-state index in [1.165, 1.54) is 0 Å². The van der Waals surface area contributed by atoms with Gasteiger partial charge >= 0.3 is 0 Å². The predicted octanol–water partition coefficient (Wildman–Crippen LogP) is 2.29. The van der Waals surface area contributed by atoms with Crippen molar-refractivity contribution in [2.75, 3.05) is 18.0 Å². The zero-order valence-corrected chi connectivity index (χ0v) is 14.2. The average molecular weight is 346 g/mol. The molecule has 1 saturated heterocycles. The number of nitrogens with zero attached hydrogens (tertiary/aromatic N) is 7. The molecule has 5 rings (SSSR count). The molecule has 1 atom stereocenters. The first-order chi connectivity index (χ1) is 12.9. The quantitative estimate of drug-likeness (QED) is 0.612. The Morgan fingerprint density at radius 2 is 2.08 bits per heavy atom. The van der Waals surface area contributed by atoms with E-state index in [0.29, 0.717) is 5.92 Å². The van der Waals surface area contributed by atoms with Gasteiger partial charge in [-0.25, -0.2) is 9.97 Å². The van der Waals surface area contributed by atoms with E-state index in [1.54, 1.807) is 12.5 Å². The van der Waals surface area contributed by atoms with E-state index in [0.717, 1.165) is 54.6 Å². The fourth-order valence-corrected chi connectivity index (χ4v) is 3.53. The van der Waals surface area contributed by atoms with Gasteiger partial charge in [-0.1, -0.05) is 30.3 Å². The number of aromatic nitrogens is 7. The van der Waals surface area contributed by atoms with Gasteiger partial charge in [0.2, 0.25) is 5.65 Å². The summed E-state index contributed by atoms with van der Waals surface area (Å²) in [5.41, 5.74) is 1.81. The zero-order chi connectivity index (χ0) is 17.3. The number of hydrogen-bond donors (Lipinski definition) is 1. The van der Waals surface area contributed by atoms with Crippen LogP contribution in [0, 0.1) is 0 Å². The van der Waals surface area contributed by atoms with Gasteiger partial charge in [-0.05, 0) is 12.8 Å². The minimum atomic E-state index is 0.290. The number of nitrogens with one attached hydrogen (secondary N) is 1. The molecule has 0 saturated carbocycles. The van der Waals surface area contributed by atoms with Crippen LogP contribution >= 0.6 is 0 Å². The Bertz CT molecular complexity index is 1020. The van der Waals surface area contributed by atoms with E-state index in [-0.39, 0.29) is 0 Å². The molecule has 3 aromatic heterocycles. The van der Waals surface area contributed by atoms with Crippen LogP contribution < -0.4 is 4.90 Å². The minimum Gasteiger partial charge on any atom is -0.353 e. The largest absolute Gasteiger partial charge is 0.353 e. The third kappa shape index (κ3) is 2.59. The minimum absolute atomic E-state index is 0.290. The molecule has 0 bridgehead atoms. The van der Waals surface area contributed by atoms with Crippen molar-refractivity contribution in [3.8, 4) is 11.4 Å². The molecule has 1 fully saturated rings. The van der Waals surface area contributed by atoms with E-state index in [1.807, 2.05) is 40.9 Å². The van der Waals surface area contributed by atoms with E-state index < -0.39 is 0 Å². The summed E-state index contributed by atoms with van der Waals surface area (Å²) in [6, 6.07) is 10.0. The van der Waals surface area contributed by atoms with Crippen molar-refractivity contribution in [3.05, 3.63) is 54.9 Å². The molecule has 1 N–H and O–H groups in total. The summed E-state index contributed by atoms with van der Waals surface area (Å²) in [4.78, 5) is 11.5. The van der Waals surface area contributed by atoms with Crippen LogP contribution in [0.1, 0.15) is 24.6 Å². The molecule has 1 aliphatic rings. The Hall–Kier alpha value is -3.29. The summed E-state index contributed by atoms with van der Waals surface area (Å²) in [5.74, 6) is 2.84. The molecule has 8 heteroatoms. The third-order valence-corrected chi connectivity index (χ3v) is 4.84. The van der Waals surface area contributed by atoms with Crippen LogP contribution in [0.2, 0.25) is 0 Å². The summed E-state index contributed by atoms with van der Waals surface area (Å²) < 4.78 is 1.90. The molecule has 0 spiro atoms. The van der Waals surface area contributed by atoms with Crippen LogP contribution in [-0.2, 0) is 0 Å². The summed E-state index contributed by atoms with van der Waals surface area (Å²) >= 11 is 0. The number of fused-ring (bicyclic) bond motifs is 1. The predicted molar refractivity (Wildman–Crippen MR) is 96.8 cm³/mol. The first kappa shape index (κ1) is 15.0. The van der Waals surface area contributed by atoms with Crippen LogP contribution in [0.15, 0.2) is 49.1 Å². The number of anilines is 1. The molecule has 4 aromatic rings. The standard InChI is InChI=1S/C18H18N8/c1-2-5-13(6-3-1)15-21-16(23-22-15)14-7-4-9-25(11-14)17-18-24-20-12-26(18)10-8-19-17/h1-3,5-6,8,10,12,14H,4,7,9,11H2,(H,21,22,23). The Kier molecular flexibility index (Phi) is 3.59. The van der Waals surface area contributed by atoms with E-state index >= 15 is 0 Å². The molecule has 26 heavy (non-hydrogen) atoms. The molecule has 0 aliphatic carbocycles. The number of benzene rings is 1. The van der Waals surface area contributed by atoms with Gasteiger partial charge in [-0.3, -0.25) is 9.50 Å². The van der Waals surface area contributed by atoms with Gasteiger partial charge in [-0.2, -0.15) is 5.10 Å². The van der Waals surface area contributed by atoms with Crippen molar-refractivity contribution in [3.63, 3.8) is 0 Å². The lowest BCUT2D eigenvalue weighted by Gasteiger charge is -2.32. The van der Waals surface area contributed by atoms with Gasteiger partial charge in [0.15, 0.2) is 11.6 Å². The lowest BCUT2D eigenvalue weighted by Crippen LogP contribution is -2.35. The summed E-state index contributed by atoms with van der Waals surface area (Å²) in [6.45, 7) is 1.79. The smallest absolute Gasteiger partial charge is 0.203 e. The number of H-pyrrole nitrogens is 1. The van der Waals surface area contributed by atoms with Crippen molar-refractivity contribution >= 4 is 11.5 Å². The Balaban J connectivity index is 1.41. The summed E-state index contributed by atoms with van der Waals surface area (Å²) in [5, 5.41) is 15.7. The molecule has 1 aromatic carbocycles. The topological polar surface area (TPSA) is 87.9 Å². The van der Waals surface area contributed by atoms with Crippen LogP contribution in [0.5, 0.6) is 0 Å². The first-order valence-corrected chi connectivity index (χ1v) is 8.75.